The number of esters is 6. The number of nitrogens with zero attached hydrogens (tertiary/aromatic N) is 4. The molecule has 0 unspecified atom stereocenters. The van der Waals surface area contributed by atoms with E-state index in [-0.39, 0.29) is 104 Å². The molecule has 4 aromatic carbocycles. The van der Waals surface area contributed by atoms with Crippen molar-refractivity contribution in [1.29, 1.82) is 0 Å². The van der Waals surface area contributed by atoms with Crippen LogP contribution in [0, 0.1) is 0 Å². The number of ether oxygens (including phenoxy) is 6. The summed E-state index contributed by atoms with van der Waals surface area (Å²) in [4.78, 5) is 115. The zero-order chi connectivity index (χ0) is 65.9. The number of carbonyl (C=O) groups excluding carboxylic acids is 8. The average Bonchev–Trinajstić information content (AvgIpc) is 3.27. The van der Waals surface area contributed by atoms with E-state index in [4.69, 9.17) is 28.4 Å². The number of hydrogen-bond acceptors (Lipinski definition) is 16. The smallest absolute Gasteiger partial charge is 0.325 e. The van der Waals surface area contributed by atoms with Crippen LogP contribution in [0.2, 0.25) is 0 Å². The monoisotopic (exact) mass is 1270 g/mol. The summed E-state index contributed by atoms with van der Waals surface area (Å²) in [7, 11) is 0. The Hall–Kier alpha value is -7.44. The third kappa shape index (κ3) is 38.4. The molecule has 0 atom stereocenters. The van der Waals surface area contributed by atoms with Crippen molar-refractivity contribution in [3.05, 3.63) is 144 Å². The van der Waals surface area contributed by atoms with Gasteiger partial charge in [-0.1, -0.05) is 264 Å². The number of rotatable bonds is 53. The highest BCUT2D eigenvalue weighted by Crippen LogP contribution is 2.15. The van der Waals surface area contributed by atoms with Crippen LogP contribution in [-0.4, -0.2) is 146 Å². The van der Waals surface area contributed by atoms with Gasteiger partial charge in [0.05, 0.1) is 13.1 Å². The zero-order valence-electron chi connectivity index (χ0n) is 55.3. The van der Waals surface area contributed by atoms with E-state index in [1.807, 2.05) is 24.3 Å². The first kappa shape index (κ1) is 77.0. The van der Waals surface area contributed by atoms with Crippen LogP contribution in [0.4, 0.5) is 0 Å². The molecule has 0 bridgehead atoms. The lowest BCUT2D eigenvalue weighted by Gasteiger charge is -2.30. The lowest BCUT2D eigenvalue weighted by molar-refractivity contribution is -0.156. The highest BCUT2D eigenvalue weighted by atomic mass is 16.6. The Balaban J connectivity index is 1.54. The van der Waals surface area contributed by atoms with Gasteiger partial charge in [0.1, 0.15) is 65.8 Å². The minimum Gasteiger partial charge on any atom is -0.464 e. The van der Waals surface area contributed by atoms with E-state index >= 15 is 0 Å². The summed E-state index contributed by atoms with van der Waals surface area (Å²) in [6.45, 7) is 0.993. The number of benzene rings is 4. The second-order valence-corrected chi connectivity index (χ2v) is 23.6. The summed E-state index contributed by atoms with van der Waals surface area (Å²) >= 11 is 0. The van der Waals surface area contributed by atoms with Crippen LogP contribution >= 0.6 is 0 Å². The molecule has 0 radical (unpaired) electrons. The Morgan fingerprint density at radius 1 is 0.272 bits per heavy atom. The predicted octanol–water partition coefficient (Wildman–Crippen LogP) is 12.7. The van der Waals surface area contributed by atoms with E-state index in [2.05, 4.69) is 13.8 Å². The minimum atomic E-state index is -0.763. The van der Waals surface area contributed by atoms with Gasteiger partial charge in [-0.3, -0.25) is 48.2 Å². The molecule has 4 rings (SSSR count). The second kappa shape index (κ2) is 50.2. The normalized spacial score (nSPS) is 11.0. The van der Waals surface area contributed by atoms with Gasteiger partial charge in [0.25, 0.3) is 0 Å². The van der Waals surface area contributed by atoms with Gasteiger partial charge in [-0.15, -0.1) is 0 Å². The number of hydrogen-bond donors (Lipinski definition) is 0. The van der Waals surface area contributed by atoms with Crippen LogP contribution in [0.25, 0.3) is 0 Å². The van der Waals surface area contributed by atoms with Gasteiger partial charge in [0.2, 0.25) is 11.8 Å². The summed E-state index contributed by atoms with van der Waals surface area (Å²) in [5.74, 6) is -5.10. The highest BCUT2D eigenvalue weighted by molar-refractivity contribution is 5.88. The van der Waals surface area contributed by atoms with Crippen molar-refractivity contribution in [2.24, 2.45) is 0 Å². The van der Waals surface area contributed by atoms with E-state index < -0.39 is 61.9 Å². The van der Waals surface area contributed by atoms with Crippen LogP contribution in [0.1, 0.15) is 190 Å². The van der Waals surface area contributed by atoms with Crippen molar-refractivity contribution in [3.63, 3.8) is 0 Å². The molecule has 0 aliphatic rings. The molecule has 0 fully saturated rings. The Morgan fingerprint density at radius 2 is 0.511 bits per heavy atom. The van der Waals surface area contributed by atoms with Crippen molar-refractivity contribution in [3.8, 4) is 0 Å². The topological polar surface area (TPSA) is 205 Å². The quantitative estimate of drug-likeness (QED) is 0.0229. The molecule has 0 saturated heterocycles. The maximum Gasteiger partial charge on any atom is 0.325 e. The molecule has 0 saturated carbocycles. The van der Waals surface area contributed by atoms with Crippen molar-refractivity contribution in [2.75, 3.05) is 78.7 Å². The first-order valence-electron chi connectivity index (χ1n) is 34.0. The largest absolute Gasteiger partial charge is 0.464 e. The van der Waals surface area contributed by atoms with Crippen LogP contribution < -0.4 is 0 Å². The summed E-state index contributed by atoms with van der Waals surface area (Å²) in [6.07, 6.45) is 25.3. The molecule has 18 heteroatoms. The SMILES string of the molecule is CCCCCCCCCCCCCC(=O)OCCN(CCN(CCOC(=O)CCCCCCCCCCCCC)CC(=O)N(CC(=O)OCc1ccccc1)CC(=O)OCc1ccccc1)CC(=O)N(CC(=O)OCc1ccccc1)CC(=O)OCc1ccccc1. The molecule has 0 N–H and O–H groups in total. The number of amides is 2. The lowest BCUT2D eigenvalue weighted by atomic mass is 10.1. The van der Waals surface area contributed by atoms with E-state index in [1.54, 1.807) is 107 Å². The van der Waals surface area contributed by atoms with Crippen LogP contribution in [-0.2, 0) is 93.2 Å². The molecule has 0 heterocycles. The summed E-state index contributed by atoms with van der Waals surface area (Å²) in [5, 5.41) is 0. The average molecular weight is 1280 g/mol. The molecule has 0 aromatic heterocycles. The van der Waals surface area contributed by atoms with E-state index in [1.165, 1.54) is 89.9 Å². The molecule has 92 heavy (non-hydrogen) atoms. The second-order valence-electron chi connectivity index (χ2n) is 23.6. The Morgan fingerprint density at radius 3 is 0.761 bits per heavy atom. The Bertz CT molecular complexity index is 2350. The fourth-order valence-electron chi connectivity index (χ4n) is 10.2. The third-order valence-corrected chi connectivity index (χ3v) is 15.7. The van der Waals surface area contributed by atoms with Crippen LogP contribution in [0.3, 0.4) is 0 Å². The molecule has 18 nitrogen and oxygen atoms in total. The van der Waals surface area contributed by atoms with Gasteiger partial charge in [-0.05, 0) is 35.1 Å². The number of carbonyl (C=O) groups is 8. The molecule has 0 spiro atoms. The fourth-order valence-corrected chi connectivity index (χ4v) is 10.2. The maximum absolute atomic E-state index is 14.6. The summed E-state index contributed by atoms with van der Waals surface area (Å²) in [5.41, 5.74) is 2.89. The van der Waals surface area contributed by atoms with Crippen molar-refractivity contribution in [1.82, 2.24) is 19.6 Å². The molecular formula is C74H106N4O14. The Labute approximate surface area is 548 Å². The molecule has 0 aliphatic heterocycles. The van der Waals surface area contributed by atoms with Gasteiger partial charge in [-0.2, -0.15) is 0 Å². The van der Waals surface area contributed by atoms with Crippen molar-refractivity contribution >= 4 is 47.6 Å². The van der Waals surface area contributed by atoms with Crippen LogP contribution in [0.5, 0.6) is 0 Å². The Kier molecular flexibility index (Phi) is 42.0. The van der Waals surface area contributed by atoms with Gasteiger partial charge >= 0.3 is 35.8 Å². The first-order valence-corrected chi connectivity index (χ1v) is 34.0. The van der Waals surface area contributed by atoms with Crippen molar-refractivity contribution < 1.29 is 66.8 Å². The van der Waals surface area contributed by atoms with E-state index in [9.17, 15) is 38.4 Å². The van der Waals surface area contributed by atoms with E-state index in [0.717, 1.165) is 70.6 Å². The summed E-state index contributed by atoms with van der Waals surface area (Å²) in [6, 6.07) is 36.1. The van der Waals surface area contributed by atoms with Gasteiger partial charge < -0.3 is 38.2 Å². The molecule has 506 valence electrons. The zero-order valence-corrected chi connectivity index (χ0v) is 55.3. The van der Waals surface area contributed by atoms with Gasteiger partial charge in [-0.25, -0.2) is 0 Å². The third-order valence-electron chi connectivity index (χ3n) is 15.7. The number of unbranched alkanes of at least 4 members (excludes halogenated alkanes) is 20. The van der Waals surface area contributed by atoms with E-state index in [0.29, 0.717) is 12.8 Å². The molecule has 4 aromatic rings. The molecule has 2 amide bonds. The lowest BCUT2D eigenvalue weighted by Crippen LogP contribution is -2.49. The summed E-state index contributed by atoms with van der Waals surface area (Å²) < 4.78 is 33.8. The standard InChI is InChI=1S/C74H106N4O14/c1-3-5-7-9-11-13-15-17-19-21-35-45-69(81)87-51-49-75(53-67(79)77(55-71(83)89-59-63-37-27-23-28-38-63)56-72(84)90-60-64-39-29-24-30-40-64)47-48-76(50-52-88-70(82)46-36-22-20-18-16-14-12-10-8-6-4-2)54-68(80)78(57-73(85)91-61-65-41-31-25-32-42-65)58-74(86)92-62-66-43-33-26-34-44-66/h23-34,37-44H,3-22,35-36,45-62H2,1-2H3. The highest BCUT2D eigenvalue weighted by Gasteiger charge is 2.28. The van der Waals surface area contributed by atoms with Gasteiger partial charge in [0, 0.05) is 39.0 Å². The van der Waals surface area contributed by atoms with Crippen molar-refractivity contribution in [2.45, 2.75) is 194 Å². The minimum absolute atomic E-state index is 0.0306. The predicted molar refractivity (Wildman–Crippen MR) is 355 cm³/mol. The fraction of sp³-hybridized carbons (Fsp3) is 0.568. The molecular weight excluding hydrogens is 1170 g/mol. The van der Waals surface area contributed by atoms with Crippen LogP contribution in [0.15, 0.2) is 121 Å². The van der Waals surface area contributed by atoms with Gasteiger partial charge in [0.15, 0.2) is 0 Å². The first-order chi connectivity index (χ1) is 44.9. The molecule has 0 aliphatic carbocycles. The maximum atomic E-state index is 14.6.